The number of aromatic nitrogens is 2. The van der Waals surface area contributed by atoms with E-state index in [9.17, 15) is 9.59 Å². The van der Waals surface area contributed by atoms with Crippen LogP contribution >= 0.6 is 24.0 Å². The second kappa shape index (κ2) is 15.9. The summed E-state index contributed by atoms with van der Waals surface area (Å²) in [5.74, 6) is 0.356. The first kappa shape index (κ1) is 31.0. The van der Waals surface area contributed by atoms with Gasteiger partial charge in [0, 0.05) is 19.3 Å². The second-order valence-electron chi connectivity index (χ2n) is 10.8. The van der Waals surface area contributed by atoms with Crippen LogP contribution in [0.3, 0.4) is 0 Å². The van der Waals surface area contributed by atoms with Crippen LogP contribution in [0.15, 0.2) is 58.4 Å². The molecule has 8 heteroatoms. The van der Waals surface area contributed by atoms with Gasteiger partial charge >= 0.3 is 0 Å². The summed E-state index contributed by atoms with van der Waals surface area (Å²) in [6.07, 6.45) is 16.7. The van der Waals surface area contributed by atoms with Crippen molar-refractivity contribution in [3.63, 3.8) is 0 Å². The lowest BCUT2D eigenvalue weighted by molar-refractivity contribution is -0.122. The Morgan fingerprint density at radius 1 is 0.927 bits per heavy atom. The van der Waals surface area contributed by atoms with Gasteiger partial charge in [0.05, 0.1) is 10.5 Å². The summed E-state index contributed by atoms with van der Waals surface area (Å²) < 4.78 is 2.11. The van der Waals surface area contributed by atoms with Crippen LogP contribution in [0, 0.1) is 6.92 Å². The molecular formula is C33H42N4O2S2. The predicted octanol–water partition coefficient (Wildman–Crippen LogP) is 7.78. The van der Waals surface area contributed by atoms with Crippen molar-refractivity contribution in [2.75, 3.05) is 18.4 Å². The van der Waals surface area contributed by atoms with Crippen LogP contribution < -0.4 is 10.9 Å². The number of nitrogens with zero attached hydrogens (tertiary/aromatic N) is 3. The Morgan fingerprint density at radius 2 is 1.61 bits per heavy atom. The van der Waals surface area contributed by atoms with Crippen molar-refractivity contribution in [3.05, 3.63) is 80.6 Å². The van der Waals surface area contributed by atoms with Gasteiger partial charge in [0.25, 0.3) is 11.5 Å². The highest BCUT2D eigenvalue weighted by molar-refractivity contribution is 8.26. The monoisotopic (exact) mass is 590 g/mol. The molecule has 218 valence electrons. The van der Waals surface area contributed by atoms with E-state index in [1.54, 1.807) is 21.6 Å². The van der Waals surface area contributed by atoms with Gasteiger partial charge in [0.15, 0.2) is 0 Å². The normalized spacial score (nSPS) is 14.5. The summed E-state index contributed by atoms with van der Waals surface area (Å²) in [6.45, 7) is 5.42. The Morgan fingerprint density at radius 3 is 2.32 bits per heavy atom. The van der Waals surface area contributed by atoms with E-state index in [4.69, 9.17) is 17.2 Å². The minimum atomic E-state index is -0.208. The van der Waals surface area contributed by atoms with Gasteiger partial charge in [-0.1, -0.05) is 125 Å². The van der Waals surface area contributed by atoms with Gasteiger partial charge in [-0.25, -0.2) is 4.98 Å². The Hall–Kier alpha value is -2.97. The Labute approximate surface area is 253 Å². The number of amides is 1. The number of unbranched alkanes of at least 4 members (excludes halogenated alkanes) is 9. The lowest BCUT2D eigenvalue weighted by Crippen LogP contribution is -2.29. The topological polar surface area (TPSA) is 66.7 Å². The maximum absolute atomic E-state index is 13.6. The third kappa shape index (κ3) is 8.76. The van der Waals surface area contributed by atoms with Crippen LogP contribution in [-0.2, 0) is 11.2 Å². The van der Waals surface area contributed by atoms with Crippen LogP contribution in [0.5, 0.6) is 0 Å². The largest absolute Gasteiger partial charge is 0.369 e. The average molecular weight is 591 g/mol. The fourth-order valence-electron chi connectivity index (χ4n) is 5.07. The number of aryl methyl sites for hydroxylation is 1. The molecule has 1 aromatic carbocycles. The Balaban J connectivity index is 1.42. The van der Waals surface area contributed by atoms with Gasteiger partial charge in [-0.2, -0.15) is 0 Å². The molecule has 0 unspecified atom stereocenters. The van der Waals surface area contributed by atoms with Crippen molar-refractivity contribution >= 4 is 51.7 Å². The summed E-state index contributed by atoms with van der Waals surface area (Å²) in [6, 6.07) is 14.0. The summed E-state index contributed by atoms with van der Waals surface area (Å²) in [7, 11) is 0. The highest BCUT2D eigenvalue weighted by Gasteiger charge is 2.32. The SMILES string of the molecule is CCCCCCCCCCCCN1C(=O)C(=Cc2c(NCCc3ccccc3)nc3ccc(C)cn3c2=O)SC1=S. The van der Waals surface area contributed by atoms with Crippen molar-refractivity contribution in [2.24, 2.45) is 0 Å². The van der Waals surface area contributed by atoms with Crippen LogP contribution in [0.1, 0.15) is 87.8 Å². The van der Waals surface area contributed by atoms with E-state index in [0.29, 0.717) is 39.3 Å². The van der Waals surface area contributed by atoms with E-state index in [-0.39, 0.29) is 11.5 Å². The molecule has 1 saturated heterocycles. The maximum atomic E-state index is 13.6. The van der Waals surface area contributed by atoms with Gasteiger partial charge < -0.3 is 5.32 Å². The molecule has 0 radical (unpaired) electrons. The molecule has 1 amide bonds. The van der Waals surface area contributed by atoms with E-state index < -0.39 is 0 Å². The summed E-state index contributed by atoms with van der Waals surface area (Å²) in [4.78, 5) is 33.9. The number of thioether (sulfide) groups is 1. The minimum Gasteiger partial charge on any atom is -0.369 e. The molecule has 2 aromatic heterocycles. The van der Waals surface area contributed by atoms with Gasteiger partial charge in [0.1, 0.15) is 15.8 Å². The van der Waals surface area contributed by atoms with Gasteiger partial charge in [-0.05, 0) is 43.0 Å². The fraction of sp³-hybridized carbons (Fsp3) is 0.455. The molecule has 1 fully saturated rings. The molecule has 0 atom stereocenters. The first-order valence-electron chi connectivity index (χ1n) is 15.0. The number of carbonyl (C=O) groups is 1. The standard InChI is InChI=1S/C33H42N4O2S2/c1-3-4-5-6-7-8-9-10-11-15-22-36-32(39)28(41-33(36)40)23-27-30(34-21-20-26-16-13-12-14-17-26)35-29-19-18-25(2)24-37(29)31(27)38/h12-14,16-19,23-24,34H,3-11,15,20-22H2,1-2H3. The van der Waals surface area contributed by atoms with Crippen LogP contribution in [0.25, 0.3) is 11.7 Å². The molecule has 3 heterocycles. The number of pyridine rings is 1. The summed E-state index contributed by atoms with van der Waals surface area (Å²) >= 11 is 6.85. The zero-order chi connectivity index (χ0) is 29.0. The minimum absolute atomic E-state index is 0.125. The van der Waals surface area contributed by atoms with Crippen molar-refractivity contribution in [2.45, 2.75) is 84.5 Å². The lowest BCUT2D eigenvalue weighted by Gasteiger charge is -2.14. The predicted molar refractivity (Wildman–Crippen MR) is 177 cm³/mol. The first-order valence-corrected chi connectivity index (χ1v) is 16.3. The second-order valence-corrected chi connectivity index (χ2v) is 12.5. The van der Waals surface area contributed by atoms with Crippen molar-refractivity contribution in [1.29, 1.82) is 0 Å². The highest BCUT2D eigenvalue weighted by Crippen LogP contribution is 2.33. The number of carbonyl (C=O) groups excluding carboxylic acids is 1. The summed E-state index contributed by atoms with van der Waals surface area (Å²) in [5.41, 5.74) is 2.89. The number of thiocarbonyl (C=S) groups is 1. The Kier molecular flexibility index (Phi) is 12.0. The number of fused-ring (bicyclic) bond motifs is 1. The molecule has 1 N–H and O–H groups in total. The molecular weight excluding hydrogens is 549 g/mol. The van der Waals surface area contributed by atoms with Crippen LogP contribution in [0.4, 0.5) is 5.82 Å². The fourth-order valence-corrected chi connectivity index (χ4v) is 6.37. The van der Waals surface area contributed by atoms with E-state index in [0.717, 1.165) is 24.8 Å². The first-order chi connectivity index (χ1) is 20.0. The molecule has 0 aliphatic carbocycles. The molecule has 1 aliphatic rings. The molecule has 0 spiro atoms. The molecule has 4 rings (SSSR count). The summed E-state index contributed by atoms with van der Waals surface area (Å²) in [5, 5.41) is 3.36. The number of nitrogens with one attached hydrogen (secondary N) is 1. The van der Waals surface area contributed by atoms with E-state index in [2.05, 4.69) is 24.4 Å². The molecule has 41 heavy (non-hydrogen) atoms. The zero-order valence-electron chi connectivity index (χ0n) is 24.4. The zero-order valence-corrected chi connectivity index (χ0v) is 26.0. The highest BCUT2D eigenvalue weighted by atomic mass is 32.2. The van der Waals surface area contributed by atoms with E-state index >= 15 is 0 Å². The molecule has 0 bridgehead atoms. The molecule has 6 nitrogen and oxygen atoms in total. The third-order valence-electron chi connectivity index (χ3n) is 7.44. The smallest absolute Gasteiger partial charge is 0.267 e. The van der Waals surface area contributed by atoms with Gasteiger partial charge in [0.2, 0.25) is 0 Å². The number of anilines is 1. The molecule has 0 saturated carbocycles. The van der Waals surface area contributed by atoms with Gasteiger partial charge in [-0.15, -0.1) is 0 Å². The number of hydrogen-bond acceptors (Lipinski definition) is 6. The van der Waals surface area contributed by atoms with Crippen molar-refractivity contribution in [1.82, 2.24) is 14.3 Å². The number of rotatable bonds is 16. The van der Waals surface area contributed by atoms with Crippen molar-refractivity contribution < 1.29 is 4.79 Å². The van der Waals surface area contributed by atoms with Gasteiger partial charge in [-0.3, -0.25) is 18.9 Å². The lowest BCUT2D eigenvalue weighted by atomic mass is 10.1. The van der Waals surface area contributed by atoms with Crippen LogP contribution in [-0.4, -0.2) is 37.6 Å². The average Bonchev–Trinajstić information content (AvgIpc) is 3.24. The van der Waals surface area contributed by atoms with E-state index in [1.807, 2.05) is 37.3 Å². The Bertz CT molecular complexity index is 1420. The number of hydrogen-bond donors (Lipinski definition) is 1. The van der Waals surface area contributed by atoms with Crippen molar-refractivity contribution in [3.8, 4) is 0 Å². The molecule has 1 aliphatic heterocycles. The number of benzene rings is 1. The molecule has 3 aromatic rings. The van der Waals surface area contributed by atoms with E-state index in [1.165, 1.54) is 68.7 Å². The third-order valence-corrected chi connectivity index (χ3v) is 8.82. The maximum Gasteiger partial charge on any atom is 0.267 e. The van der Waals surface area contributed by atoms with Crippen LogP contribution in [0.2, 0.25) is 0 Å². The quantitative estimate of drug-likeness (QED) is 0.104.